The first-order valence-electron chi connectivity index (χ1n) is 5.96. The molecule has 102 valence electrons. The van der Waals surface area contributed by atoms with E-state index in [4.69, 9.17) is 14.6 Å². The Labute approximate surface area is 110 Å². The van der Waals surface area contributed by atoms with E-state index in [0.717, 1.165) is 5.56 Å². The summed E-state index contributed by atoms with van der Waals surface area (Å²) in [5.74, 6) is -0.983. The van der Waals surface area contributed by atoms with E-state index >= 15 is 0 Å². The lowest BCUT2D eigenvalue weighted by Gasteiger charge is -2.14. The number of carboxylic acids is 1. The molecule has 1 aromatic rings. The van der Waals surface area contributed by atoms with Gasteiger partial charge in [-0.25, -0.2) is 4.79 Å². The van der Waals surface area contributed by atoms with Gasteiger partial charge in [0.2, 0.25) is 0 Å². The predicted molar refractivity (Wildman–Crippen MR) is 65.5 cm³/mol. The van der Waals surface area contributed by atoms with E-state index in [1.165, 1.54) is 0 Å². The molecule has 0 aliphatic carbocycles. The number of nitrogens with one attached hydrogen (secondary N) is 1. The maximum absolute atomic E-state index is 11.6. The Morgan fingerprint density at radius 1 is 1.42 bits per heavy atom. The van der Waals surface area contributed by atoms with Gasteiger partial charge >= 0.3 is 12.1 Å². The minimum absolute atomic E-state index is 0.151. The number of hydrogen-bond acceptors (Lipinski definition) is 4. The van der Waals surface area contributed by atoms with Crippen molar-refractivity contribution in [3.8, 4) is 0 Å². The molecule has 0 unspecified atom stereocenters. The molecule has 19 heavy (non-hydrogen) atoms. The number of alkyl carbamates (subject to hydrolysis) is 1. The summed E-state index contributed by atoms with van der Waals surface area (Å²) in [5.41, 5.74) is 0.870. The van der Waals surface area contributed by atoms with Crippen molar-refractivity contribution in [1.82, 2.24) is 5.32 Å². The van der Waals surface area contributed by atoms with E-state index in [2.05, 4.69) is 5.32 Å². The van der Waals surface area contributed by atoms with Crippen LogP contribution in [0.5, 0.6) is 0 Å². The number of hydrogen-bond donors (Lipinski definition) is 2. The fourth-order valence-electron chi connectivity index (χ4n) is 1.67. The molecule has 1 aliphatic heterocycles. The smallest absolute Gasteiger partial charge is 0.407 e. The number of amides is 1. The Kier molecular flexibility index (Phi) is 4.35. The van der Waals surface area contributed by atoms with Crippen molar-refractivity contribution in [2.24, 2.45) is 0 Å². The molecule has 2 N–H and O–H groups in total. The maximum atomic E-state index is 11.6. The summed E-state index contributed by atoms with van der Waals surface area (Å²) in [7, 11) is 0. The van der Waals surface area contributed by atoms with Crippen LogP contribution in [0.1, 0.15) is 12.0 Å². The standard InChI is InChI=1S/C13H15NO5/c15-12(16)6-10(11-8-18-11)14-13(17)19-7-9-4-2-1-3-5-9/h1-5,10-11H,6-8H2,(H,14,17)(H,15,16)/t10-,11+/m0/s1. The number of ether oxygens (including phenoxy) is 2. The van der Waals surface area contributed by atoms with Crippen LogP contribution in [0.2, 0.25) is 0 Å². The first-order chi connectivity index (χ1) is 9.15. The molecule has 2 rings (SSSR count). The van der Waals surface area contributed by atoms with Gasteiger partial charge in [0.05, 0.1) is 19.1 Å². The van der Waals surface area contributed by atoms with Gasteiger partial charge in [0.25, 0.3) is 0 Å². The molecular formula is C13H15NO5. The zero-order chi connectivity index (χ0) is 13.7. The normalized spacial score (nSPS) is 18.4. The van der Waals surface area contributed by atoms with Gasteiger partial charge in [-0.2, -0.15) is 0 Å². The molecular weight excluding hydrogens is 250 g/mol. The van der Waals surface area contributed by atoms with E-state index in [0.29, 0.717) is 6.61 Å². The second-order valence-electron chi connectivity index (χ2n) is 4.28. The van der Waals surface area contributed by atoms with Crippen molar-refractivity contribution in [3.05, 3.63) is 35.9 Å². The number of aliphatic carboxylic acids is 1. The van der Waals surface area contributed by atoms with Gasteiger partial charge in [-0.05, 0) is 5.56 Å². The lowest BCUT2D eigenvalue weighted by molar-refractivity contribution is -0.137. The lowest BCUT2D eigenvalue weighted by atomic mass is 10.1. The van der Waals surface area contributed by atoms with Gasteiger partial charge in [0.15, 0.2) is 0 Å². The van der Waals surface area contributed by atoms with Crippen molar-refractivity contribution in [3.63, 3.8) is 0 Å². The summed E-state index contributed by atoms with van der Waals surface area (Å²) in [4.78, 5) is 22.2. The Morgan fingerprint density at radius 2 is 2.11 bits per heavy atom. The Balaban J connectivity index is 1.77. The van der Waals surface area contributed by atoms with E-state index in [1.54, 1.807) is 0 Å². The van der Waals surface area contributed by atoms with Crippen LogP contribution in [-0.4, -0.2) is 35.9 Å². The van der Waals surface area contributed by atoms with Crippen LogP contribution in [0.15, 0.2) is 30.3 Å². The number of benzene rings is 1. The van der Waals surface area contributed by atoms with Crippen LogP contribution in [0.3, 0.4) is 0 Å². The molecule has 6 nitrogen and oxygen atoms in total. The quantitative estimate of drug-likeness (QED) is 0.753. The number of rotatable bonds is 6. The van der Waals surface area contributed by atoms with Gasteiger partial charge in [-0.15, -0.1) is 0 Å². The number of epoxide rings is 1. The molecule has 0 spiro atoms. The molecule has 1 fully saturated rings. The fourth-order valence-corrected chi connectivity index (χ4v) is 1.67. The van der Waals surface area contributed by atoms with Crippen molar-refractivity contribution < 1.29 is 24.2 Å². The Bertz CT molecular complexity index is 444. The second-order valence-corrected chi connectivity index (χ2v) is 4.28. The zero-order valence-electron chi connectivity index (χ0n) is 10.2. The highest BCUT2D eigenvalue weighted by Crippen LogP contribution is 2.17. The van der Waals surface area contributed by atoms with Gasteiger partial charge in [-0.3, -0.25) is 4.79 Å². The van der Waals surface area contributed by atoms with E-state index in [-0.39, 0.29) is 19.1 Å². The molecule has 6 heteroatoms. The third kappa shape index (κ3) is 4.59. The Hall–Kier alpha value is -2.08. The highest BCUT2D eigenvalue weighted by atomic mass is 16.6. The van der Waals surface area contributed by atoms with Crippen LogP contribution in [0.25, 0.3) is 0 Å². The van der Waals surface area contributed by atoms with Crippen molar-refractivity contribution in [2.75, 3.05) is 6.61 Å². The first-order valence-corrected chi connectivity index (χ1v) is 5.96. The van der Waals surface area contributed by atoms with Gasteiger partial charge in [-0.1, -0.05) is 30.3 Å². The van der Waals surface area contributed by atoms with E-state index in [1.807, 2.05) is 30.3 Å². The van der Waals surface area contributed by atoms with Crippen LogP contribution in [0, 0.1) is 0 Å². The van der Waals surface area contributed by atoms with Gasteiger partial charge in [0, 0.05) is 0 Å². The zero-order valence-corrected chi connectivity index (χ0v) is 10.2. The minimum atomic E-state index is -0.983. The molecule has 0 aromatic heterocycles. The monoisotopic (exact) mass is 265 g/mol. The van der Waals surface area contributed by atoms with Crippen molar-refractivity contribution in [1.29, 1.82) is 0 Å². The fraction of sp³-hybridized carbons (Fsp3) is 0.385. The summed E-state index contributed by atoms with van der Waals surface area (Å²) in [5, 5.41) is 11.2. The third-order valence-corrected chi connectivity index (χ3v) is 2.72. The second kappa shape index (κ2) is 6.19. The van der Waals surface area contributed by atoms with Gasteiger partial charge < -0.3 is 19.9 Å². The minimum Gasteiger partial charge on any atom is -0.481 e. The number of carbonyl (C=O) groups excluding carboxylic acids is 1. The third-order valence-electron chi connectivity index (χ3n) is 2.72. The molecule has 1 saturated heterocycles. The molecule has 0 radical (unpaired) electrons. The van der Waals surface area contributed by atoms with Crippen LogP contribution in [-0.2, 0) is 20.9 Å². The number of carboxylic acid groups (broad SMARTS) is 1. The average molecular weight is 265 g/mol. The van der Waals surface area contributed by atoms with E-state index in [9.17, 15) is 9.59 Å². The Morgan fingerprint density at radius 3 is 2.68 bits per heavy atom. The summed E-state index contributed by atoms with van der Waals surface area (Å²) < 4.78 is 10.0. The molecule has 1 heterocycles. The number of carbonyl (C=O) groups is 2. The molecule has 1 aromatic carbocycles. The van der Waals surface area contributed by atoms with Gasteiger partial charge in [0.1, 0.15) is 12.7 Å². The summed E-state index contributed by atoms with van der Waals surface area (Å²) in [6.45, 7) is 0.620. The highest BCUT2D eigenvalue weighted by molar-refractivity contribution is 5.71. The largest absolute Gasteiger partial charge is 0.481 e. The first kappa shape index (κ1) is 13.4. The predicted octanol–water partition coefficient (Wildman–Crippen LogP) is 1.15. The SMILES string of the molecule is O=C(O)C[C@H](NC(=O)OCc1ccccc1)[C@H]1CO1. The van der Waals surface area contributed by atoms with Crippen LogP contribution in [0.4, 0.5) is 4.79 Å². The summed E-state index contributed by atoms with van der Waals surface area (Å²) >= 11 is 0. The van der Waals surface area contributed by atoms with Crippen LogP contribution >= 0.6 is 0 Å². The lowest BCUT2D eigenvalue weighted by Crippen LogP contribution is -2.40. The summed E-state index contributed by atoms with van der Waals surface area (Å²) in [6, 6.07) is 8.71. The molecule has 0 saturated carbocycles. The average Bonchev–Trinajstić information content (AvgIpc) is 3.20. The molecule has 0 bridgehead atoms. The highest BCUT2D eigenvalue weighted by Gasteiger charge is 2.35. The van der Waals surface area contributed by atoms with Crippen molar-refractivity contribution >= 4 is 12.1 Å². The van der Waals surface area contributed by atoms with Crippen LogP contribution < -0.4 is 5.32 Å². The maximum Gasteiger partial charge on any atom is 0.407 e. The molecule has 1 amide bonds. The topological polar surface area (TPSA) is 88.2 Å². The molecule has 1 aliphatic rings. The molecule has 2 atom stereocenters. The summed E-state index contributed by atoms with van der Waals surface area (Å²) in [6.07, 6.45) is -1.03. The van der Waals surface area contributed by atoms with E-state index < -0.39 is 18.1 Å². The van der Waals surface area contributed by atoms with Crippen molar-refractivity contribution in [2.45, 2.75) is 25.2 Å².